The second kappa shape index (κ2) is 5.81. The molecule has 114 valence electrons. The van der Waals surface area contributed by atoms with E-state index in [0.717, 1.165) is 0 Å². The number of oxime groups is 1. The summed E-state index contributed by atoms with van der Waals surface area (Å²) in [5.41, 5.74) is 5.52. The van der Waals surface area contributed by atoms with Crippen molar-refractivity contribution in [3.8, 4) is 5.75 Å². The Labute approximate surface area is 127 Å². The molecule has 0 aromatic heterocycles. The van der Waals surface area contributed by atoms with Crippen LogP contribution < -0.4 is 5.73 Å². The number of nitrogens with zero attached hydrogens (tertiary/aromatic N) is 2. The number of phenols is 1. The molecule has 1 saturated heterocycles. The second-order valence-electron chi connectivity index (χ2n) is 5.50. The van der Waals surface area contributed by atoms with Gasteiger partial charge in [-0.05, 0) is 31.0 Å². The van der Waals surface area contributed by atoms with Crippen molar-refractivity contribution in [3.63, 3.8) is 0 Å². The summed E-state index contributed by atoms with van der Waals surface area (Å²) in [6, 6.07) is 4.43. The van der Waals surface area contributed by atoms with Crippen molar-refractivity contribution in [1.82, 2.24) is 4.90 Å². The number of rotatable bonds is 2. The summed E-state index contributed by atoms with van der Waals surface area (Å²) < 4.78 is 0. The van der Waals surface area contributed by atoms with E-state index < -0.39 is 5.41 Å². The first-order valence-electron chi connectivity index (χ1n) is 6.63. The van der Waals surface area contributed by atoms with E-state index in [-0.39, 0.29) is 23.1 Å². The number of halogens is 1. The number of hydrogen-bond acceptors (Lipinski definition) is 4. The van der Waals surface area contributed by atoms with Crippen molar-refractivity contribution in [1.29, 1.82) is 0 Å². The van der Waals surface area contributed by atoms with E-state index in [1.54, 1.807) is 11.0 Å². The molecular weight excluding hydrogens is 294 g/mol. The van der Waals surface area contributed by atoms with Gasteiger partial charge in [-0.2, -0.15) is 0 Å². The molecule has 7 heteroatoms. The molecule has 1 fully saturated rings. The summed E-state index contributed by atoms with van der Waals surface area (Å²) in [4.78, 5) is 14.0. The maximum absolute atomic E-state index is 12.4. The van der Waals surface area contributed by atoms with Gasteiger partial charge in [0.05, 0.1) is 5.56 Å². The van der Waals surface area contributed by atoms with Crippen LogP contribution in [0.1, 0.15) is 30.1 Å². The van der Waals surface area contributed by atoms with Gasteiger partial charge in [0.25, 0.3) is 5.91 Å². The summed E-state index contributed by atoms with van der Waals surface area (Å²) in [6.07, 6.45) is 1.20. The van der Waals surface area contributed by atoms with Crippen LogP contribution in [0.2, 0.25) is 5.02 Å². The Morgan fingerprint density at radius 2 is 2.05 bits per heavy atom. The van der Waals surface area contributed by atoms with Crippen LogP contribution in [0, 0.1) is 5.41 Å². The summed E-state index contributed by atoms with van der Waals surface area (Å²) >= 11 is 5.76. The first-order valence-corrected chi connectivity index (χ1v) is 7.01. The number of likely N-dealkylation sites (tertiary alicyclic amines) is 1. The van der Waals surface area contributed by atoms with Crippen LogP contribution in [0.15, 0.2) is 23.4 Å². The van der Waals surface area contributed by atoms with E-state index >= 15 is 0 Å². The van der Waals surface area contributed by atoms with Gasteiger partial charge >= 0.3 is 0 Å². The van der Waals surface area contributed by atoms with E-state index in [1.807, 2.05) is 6.92 Å². The van der Waals surface area contributed by atoms with Gasteiger partial charge in [0.2, 0.25) is 0 Å². The monoisotopic (exact) mass is 311 g/mol. The zero-order chi connectivity index (χ0) is 15.6. The first kappa shape index (κ1) is 15.4. The predicted molar refractivity (Wildman–Crippen MR) is 79.8 cm³/mol. The van der Waals surface area contributed by atoms with Crippen molar-refractivity contribution < 1.29 is 15.1 Å². The first-order chi connectivity index (χ1) is 9.87. The van der Waals surface area contributed by atoms with Crippen molar-refractivity contribution in [2.24, 2.45) is 16.3 Å². The van der Waals surface area contributed by atoms with Gasteiger partial charge < -0.3 is 20.9 Å². The van der Waals surface area contributed by atoms with E-state index in [0.29, 0.717) is 31.0 Å². The molecule has 0 saturated carbocycles. The van der Waals surface area contributed by atoms with Crippen molar-refractivity contribution in [2.45, 2.75) is 19.8 Å². The Morgan fingerprint density at radius 3 is 2.57 bits per heavy atom. The highest BCUT2D eigenvalue weighted by atomic mass is 35.5. The van der Waals surface area contributed by atoms with Crippen LogP contribution in [0.3, 0.4) is 0 Å². The third-order valence-corrected chi connectivity index (χ3v) is 4.31. The maximum atomic E-state index is 12.4. The lowest BCUT2D eigenvalue weighted by Gasteiger charge is -2.38. The molecule has 0 unspecified atom stereocenters. The zero-order valence-corrected chi connectivity index (χ0v) is 12.5. The number of amides is 1. The maximum Gasteiger partial charge on any atom is 0.257 e. The van der Waals surface area contributed by atoms with E-state index in [1.165, 1.54) is 12.1 Å². The Morgan fingerprint density at radius 1 is 1.43 bits per heavy atom. The quantitative estimate of drug-likeness (QED) is 0.337. The molecule has 0 bridgehead atoms. The molecule has 1 aliphatic heterocycles. The van der Waals surface area contributed by atoms with Crippen molar-refractivity contribution >= 4 is 23.3 Å². The molecule has 21 heavy (non-hydrogen) atoms. The number of carbonyl (C=O) groups excluding carboxylic acids is 1. The fourth-order valence-corrected chi connectivity index (χ4v) is 2.60. The molecule has 6 nitrogen and oxygen atoms in total. The molecule has 0 aliphatic carbocycles. The van der Waals surface area contributed by atoms with Crippen LogP contribution in [-0.4, -0.2) is 40.0 Å². The fraction of sp³-hybridized carbons (Fsp3) is 0.429. The standard InChI is InChI=1S/C14H18ClN3O3/c1-14(13(16)17-21)4-6-18(7-5-14)12(20)10-3-2-9(15)8-11(10)19/h2-3,8,19,21H,4-7H2,1H3,(H2,16,17). The van der Waals surface area contributed by atoms with Crippen LogP contribution >= 0.6 is 11.6 Å². The second-order valence-corrected chi connectivity index (χ2v) is 5.94. The number of amidine groups is 1. The number of phenolic OH excluding ortho intramolecular Hbond substituents is 1. The van der Waals surface area contributed by atoms with E-state index in [4.69, 9.17) is 22.5 Å². The van der Waals surface area contributed by atoms with Gasteiger partial charge in [-0.1, -0.05) is 23.7 Å². The smallest absolute Gasteiger partial charge is 0.257 e. The molecule has 1 amide bonds. The summed E-state index contributed by atoms with van der Waals surface area (Å²) in [5.74, 6) is -0.188. The number of hydrogen-bond donors (Lipinski definition) is 3. The lowest BCUT2D eigenvalue weighted by Crippen LogP contribution is -2.47. The number of benzene rings is 1. The average molecular weight is 312 g/mol. The van der Waals surface area contributed by atoms with Crippen LogP contribution in [-0.2, 0) is 0 Å². The molecule has 4 N–H and O–H groups in total. The lowest BCUT2D eigenvalue weighted by molar-refractivity contribution is 0.0663. The molecule has 0 atom stereocenters. The van der Waals surface area contributed by atoms with Gasteiger partial charge in [-0.25, -0.2) is 0 Å². The Hall–Kier alpha value is -1.95. The molecule has 2 rings (SSSR count). The minimum Gasteiger partial charge on any atom is -0.507 e. The third kappa shape index (κ3) is 3.05. The molecule has 1 heterocycles. The largest absolute Gasteiger partial charge is 0.507 e. The van der Waals surface area contributed by atoms with Crippen molar-refractivity contribution in [3.05, 3.63) is 28.8 Å². The fourth-order valence-electron chi connectivity index (χ4n) is 2.44. The van der Waals surface area contributed by atoms with E-state index in [2.05, 4.69) is 5.16 Å². The zero-order valence-electron chi connectivity index (χ0n) is 11.7. The summed E-state index contributed by atoms with van der Waals surface area (Å²) in [7, 11) is 0. The highest BCUT2D eigenvalue weighted by Gasteiger charge is 2.36. The minimum absolute atomic E-state index is 0.128. The van der Waals surface area contributed by atoms with Gasteiger partial charge in [0, 0.05) is 23.5 Å². The molecule has 1 aliphatic rings. The van der Waals surface area contributed by atoms with Crippen LogP contribution in [0.5, 0.6) is 5.75 Å². The van der Waals surface area contributed by atoms with Gasteiger partial charge in [-0.3, -0.25) is 4.79 Å². The Bertz CT molecular complexity index is 581. The topological polar surface area (TPSA) is 99.2 Å². The molecule has 1 aromatic carbocycles. The predicted octanol–water partition coefficient (Wildman–Crippen LogP) is 2.03. The van der Waals surface area contributed by atoms with Gasteiger partial charge in [-0.15, -0.1) is 0 Å². The Kier molecular flexibility index (Phi) is 4.27. The molecule has 0 spiro atoms. The number of piperidine rings is 1. The van der Waals surface area contributed by atoms with E-state index in [9.17, 15) is 9.90 Å². The highest BCUT2D eigenvalue weighted by Crippen LogP contribution is 2.32. The average Bonchev–Trinajstić information content (AvgIpc) is 2.46. The number of aromatic hydroxyl groups is 1. The van der Waals surface area contributed by atoms with Crippen LogP contribution in [0.4, 0.5) is 0 Å². The molecular formula is C14H18ClN3O3. The van der Waals surface area contributed by atoms with Crippen LogP contribution in [0.25, 0.3) is 0 Å². The normalized spacial score (nSPS) is 18.6. The van der Waals surface area contributed by atoms with Crippen molar-refractivity contribution in [2.75, 3.05) is 13.1 Å². The van der Waals surface area contributed by atoms with Gasteiger partial charge in [0.1, 0.15) is 11.6 Å². The SMILES string of the molecule is CC1(/C(N)=N/O)CCN(C(=O)c2ccc(Cl)cc2O)CC1. The lowest BCUT2D eigenvalue weighted by atomic mass is 9.79. The molecule has 1 aromatic rings. The molecule has 0 radical (unpaired) electrons. The number of nitrogens with two attached hydrogens (primary N) is 1. The summed E-state index contributed by atoms with van der Waals surface area (Å²) in [5, 5.41) is 22.1. The number of carbonyl (C=O) groups is 1. The highest BCUT2D eigenvalue weighted by molar-refractivity contribution is 6.30. The Balaban J connectivity index is 2.10. The minimum atomic E-state index is -0.409. The van der Waals surface area contributed by atoms with Gasteiger partial charge in [0.15, 0.2) is 0 Å². The third-order valence-electron chi connectivity index (χ3n) is 4.07. The summed E-state index contributed by atoms with van der Waals surface area (Å²) in [6.45, 7) is 2.87.